The van der Waals surface area contributed by atoms with Gasteiger partial charge >= 0.3 is 0 Å². The van der Waals surface area contributed by atoms with Gasteiger partial charge in [-0.3, -0.25) is 4.79 Å². The molecule has 0 radical (unpaired) electrons. The number of hydrogen-bond acceptors (Lipinski definition) is 5. The number of fused-ring (bicyclic) bond motifs is 1. The summed E-state index contributed by atoms with van der Waals surface area (Å²) in [5, 5.41) is 11.9. The number of benzene rings is 2. The first-order valence-electron chi connectivity index (χ1n) is 11.1. The van der Waals surface area contributed by atoms with Crippen molar-refractivity contribution in [1.29, 1.82) is 0 Å². The van der Waals surface area contributed by atoms with Gasteiger partial charge < -0.3 is 24.9 Å². The summed E-state index contributed by atoms with van der Waals surface area (Å²) in [5.41, 5.74) is 3.60. The molecule has 170 valence electrons. The number of terminal acetylenes is 1. The standard InChI is InChI=1S/C26H27N3O4/c1-2-18-9-11-19(12-10-18)20-15-23(33-25(16-20)32-14-6-5-13-30)26(31)27-17-24-28-21-7-3-4-8-22(21)29-24/h1,3-4,7-12,15,20,25,30H,5-6,13-14,16-17H2,(H,27,31)(H,28,29)/t20-,25+/m0/s1. The fourth-order valence-corrected chi connectivity index (χ4v) is 3.75. The quantitative estimate of drug-likeness (QED) is 0.347. The summed E-state index contributed by atoms with van der Waals surface area (Å²) in [7, 11) is 0. The third kappa shape index (κ3) is 5.80. The van der Waals surface area contributed by atoms with E-state index in [2.05, 4.69) is 21.2 Å². The van der Waals surface area contributed by atoms with E-state index in [0.717, 1.165) is 28.6 Å². The lowest BCUT2D eigenvalue weighted by Gasteiger charge is -2.29. The Bertz CT molecular complexity index is 1130. The van der Waals surface area contributed by atoms with Crippen molar-refractivity contribution in [3.8, 4) is 12.3 Å². The summed E-state index contributed by atoms with van der Waals surface area (Å²) in [6.07, 6.45) is 8.69. The summed E-state index contributed by atoms with van der Waals surface area (Å²) in [6, 6.07) is 15.4. The molecule has 0 bridgehead atoms. The highest BCUT2D eigenvalue weighted by Gasteiger charge is 2.28. The molecule has 1 aliphatic rings. The largest absolute Gasteiger partial charge is 0.459 e. The van der Waals surface area contributed by atoms with Gasteiger partial charge in [-0.25, -0.2) is 4.98 Å². The van der Waals surface area contributed by atoms with Crippen LogP contribution in [0.1, 0.15) is 42.1 Å². The Labute approximate surface area is 192 Å². The van der Waals surface area contributed by atoms with Crippen molar-refractivity contribution in [2.24, 2.45) is 0 Å². The fourth-order valence-electron chi connectivity index (χ4n) is 3.75. The molecule has 1 aliphatic heterocycles. The molecule has 0 fully saturated rings. The molecule has 2 atom stereocenters. The number of unbranched alkanes of at least 4 members (excludes halogenated alkanes) is 1. The molecule has 0 unspecified atom stereocenters. The van der Waals surface area contributed by atoms with Crippen molar-refractivity contribution in [2.45, 2.75) is 38.0 Å². The minimum Gasteiger partial charge on any atom is -0.459 e. The van der Waals surface area contributed by atoms with Crippen LogP contribution in [-0.2, 0) is 20.8 Å². The van der Waals surface area contributed by atoms with Crippen molar-refractivity contribution in [2.75, 3.05) is 13.2 Å². The van der Waals surface area contributed by atoms with E-state index in [1.54, 1.807) is 0 Å². The number of aliphatic hydroxyl groups excluding tert-OH is 1. The molecule has 0 aliphatic carbocycles. The van der Waals surface area contributed by atoms with E-state index < -0.39 is 6.29 Å². The first-order valence-corrected chi connectivity index (χ1v) is 11.1. The minimum atomic E-state index is -0.557. The van der Waals surface area contributed by atoms with Crippen molar-refractivity contribution in [3.63, 3.8) is 0 Å². The molecule has 0 saturated heterocycles. The van der Waals surface area contributed by atoms with E-state index in [1.807, 2.05) is 54.6 Å². The van der Waals surface area contributed by atoms with Gasteiger partial charge in [0, 0.05) is 24.5 Å². The molecule has 33 heavy (non-hydrogen) atoms. The number of allylic oxidation sites excluding steroid dienone is 1. The number of rotatable bonds is 9. The Morgan fingerprint density at radius 3 is 2.82 bits per heavy atom. The molecule has 2 aromatic carbocycles. The average molecular weight is 446 g/mol. The maximum Gasteiger partial charge on any atom is 0.286 e. The van der Waals surface area contributed by atoms with Gasteiger partial charge in [-0.15, -0.1) is 6.42 Å². The zero-order chi connectivity index (χ0) is 23.0. The topological polar surface area (TPSA) is 96.5 Å². The molecule has 3 N–H and O–H groups in total. The van der Waals surface area contributed by atoms with Crippen LogP contribution in [0, 0.1) is 12.3 Å². The van der Waals surface area contributed by atoms with Gasteiger partial charge in [-0.05, 0) is 48.7 Å². The molecule has 1 aromatic heterocycles. The molecule has 0 saturated carbocycles. The van der Waals surface area contributed by atoms with Gasteiger partial charge in [0.2, 0.25) is 6.29 Å². The van der Waals surface area contributed by atoms with Gasteiger partial charge in [0.15, 0.2) is 5.76 Å². The minimum absolute atomic E-state index is 0.0552. The highest BCUT2D eigenvalue weighted by molar-refractivity contribution is 5.91. The zero-order valence-electron chi connectivity index (χ0n) is 18.3. The summed E-state index contributed by atoms with van der Waals surface area (Å²) >= 11 is 0. The summed E-state index contributed by atoms with van der Waals surface area (Å²) in [6.45, 7) is 0.814. The van der Waals surface area contributed by atoms with E-state index in [1.165, 1.54) is 0 Å². The number of nitrogens with zero attached hydrogens (tertiary/aromatic N) is 1. The van der Waals surface area contributed by atoms with E-state index in [-0.39, 0.29) is 30.7 Å². The first kappa shape index (κ1) is 22.6. The third-order valence-electron chi connectivity index (χ3n) is 5.50. The van der Waals surface area contributed by atoms with Crippen molar-refractivity contribution >= 4 is 16.9 Å². The monoisotopic (exact) mass is 445 g/mol. The number of aromatic nitrogens is 2. The maximum absolute atomic E-state index is 12.9. The van der Waals surface area contributed by atoms with Crippen LogP contribution < -0.4 is 5.32 Å². The summed E-state index contributed by atoms with van der Waals surface area (Å²) < 4.78 is 11.7. The van der Waals surface area contributed by atoms with Crippen LogP contribution in [-0.4, -0.2) is 40.5 Å². The van der Waals surface area contributed by atoms with Crippen LogP contribution in [0.2, 0.25) is 0 Å². The zero-order valence-corrected chi connectivity index (χ0v) is 18.3. The normalized spacial score (nSPS) is 17.8. The Morgan fingerprint density at radius 1 is 1.24 bits per heavy atom. The third-order valence-corrected chi connectivity index (χ3v) is 5.50. The first-order chi connectivity index (χ1) is 16.2. The van der Waals surface area contributed by atoms with E-state index >= 15 is 0 Å². The predicted octanol–water partition coefficient (Wildman–Crippen LogP) is 3.36. The van der Waals surface area contributed by atoms with Crippen LogP contribution in [0.25, 0.3) is 11.0 Å². The Hall–Kier alpha value is -3.60. The number of H-pyrrole nitrogens is 1. The fraction of sp³-hybridized carbons (Fsp3) is 0.308. The van der Waals surface area contributed by atoms with Gasteiger partial charge in [0.1, 0.15) is 5.82 Å². The molecule has 7 nitrogen and oxygen atoms in total. The molecule has 4 rings (SSSR count). The van der Waals surface area contributed by atoms with Crippen LogP contribution in [0.15, 0.2) is 60.4 Å². The lowest BCUT2D eigenvalue weighted by molar-refractivity contribution is -0.146. The number of nitrogens with one attached hydrogen (secondary N) is 2. The second kappa shape index (κ2) is 10.8. The average Bonchev–Trinajstić information content (AvgIpc) is 3.28. The van der Waals surface area contributed by atoms with Crippen LogP contribution in [0.3, 0.4) is 0 Å². The van der Waals surface area contributed by atoms with Crippen molar-refractivity contribution in [3.05, 3.63) is 77.3 Å². The SMILES string of the molecule is C#Cc1ccc([C@H]2C=C(C(=O)NCc3nc4ccccc4[nH]3)O[C@@H](OCCCCO)C2)cc1. The number of hydrogen-bond donors (Lipinski definition) is 3. The number of imidazole rings is 1. The van der Waals surface area contributed by atoms with Crippen LogP contribution >= 0.6 is 0 Å². The highest BCUT2D eigenvalue weighted by Crippen LogP contribution is 2.31. The summed E-state index contributed by atoms with van der Waals surface area (Å²) in [4.78, 5) is 20.6. The molecule has 3 aromatic rings. The van der Waals surface area contributed by atoms with Crippen molar-refractivity contribution < 1.29 is 19.4 Å². The number of carbonyl (C=O) groups is 1. The number of ether oxygens (including phenoxy) is 2. The number of para-hydroxylation sites is 2. The lowest BCUT2D eigenvalue weighted by atomic mass is 9.92. The smallest absolute Gasteiger partial charge is 0.286 e. The highest BCUT2D eigenvalue weighted by atomic mass is 16.7. The molecular formula is C26H27N3O4. The Balaban J connectivity index is 1.46. The summed E-state index contributed by atoms with van der Waals surface area (Å²) in [5.74, 6) is 3.12. The Morgan fingerprint density at radius 2 is 2.06 bits per heavy atom. The van der Waals surface area contributed by atoms with Crippen molar-refractivity contribution in [1.82, 2.24) is 15.3 Å². The molecular weight excluding hydrogens is 418 g/mol. The number of aliphatic hydroxyl groups is 1. The lowest BCUT2D eigenvalue weighted by Crippen LogP contribution is -2.33. The van der Waals surface area contributed by atoms with E-state index in [4.69, 9.17) is 21.0 Å². The van der Waals surface area contributed by atoms with Gasteiger partial charge in [-0.1, -0.05) is 30.2 Å². The number of aromatic amines is 1. The second-order valence-corrected chi connectivity index (χ2v) is 7.87. The molecule has 7 heteroatoms. The molecule has 0 spiro atoms. The number of carbonyl (C=O) groups excluding carboxylic acids is 1. The predicted molar refractivity (Wildman–Crippen MR) is 125 cm³/mol. The Kier molecular flexibility index (Phi) is 7.40. The van der Waals surface area contributed by atoms with E-state index in [0.29, 0.717) is 25.3 Å². The van der Waals surface area contributed by atoms with Crippen LogP contribution in [0.4, 0.5) is 0 Å². The van der Waals surface area contributed by atoms with E-state index in [9.17, 15) is 4.79 Å². The molecule has 2 heterocycles. The molecule has 1 amide bonds. The van der Waals surface area contributed by atoms with Gasteiger partial charge in [0.05, 0.1) is 24.2 Å². The second-order valence-electron chi connectivity index (χ2n) is 7.87. The van der Waals surface area contributed by atoms with Crippen LogP contribution in [0.5, 0.6) is 0 Å². The van der Waals surface area contributed by atoms with Gasteiger partial charge in [-0.2, -0.15) is 0 Å². The maximum atomic E-state index is 12.9. The number of amides is 1. The van der Waals surface area contributed by atoms with Gasteiger partial charge in [0.25, 0.3) is 5.91 Å².